The number of para-hydroxylation sites is 1. The van der Waals surface area contributed by atoms with Crippen LogP contribution in [0.5, 0.6) is 0 Å². The average Bonchev–Trinajstić information content (AvgIpc) is 2.81. The summed E-state index contributed by atoms with van der Waals surface area (Å²) in [5.74, 6) is 0. The Hall–Kier alpha value is -1.37. The lowest BCUT2D eigenvalue weighted by Gasteiger charge is -2.19. The molecule has 2 rings (SSSR count). The van der Waals surface area contributed by atoms with E-state index in [1.807, 2.05) is 32.2 Å². The smallest absolute Gasteiger partial charge is 0.265 e. The van der Waals surface area contributed by atoms with E-state index in [0.29, 0.717) is 17.1 Å². The molecule has 1 heterocycles. The van der Waals surface area contributed by atoms with Gasteiger partial charge in [0, 0.05) is 23.3 Å². The summed E-state index contributed by atoms with van der Waals surface area (Å²) < 4.78 is 26.7. The molecule has 0 radical (unpaired) electrons. The maximum Gasteiger partial charge on any atom is 0.265 e. The van der Waals surface area contributed by atoms with Crippen molar-refractivity contribution in [2.45, 2.75) is 18.4 Å². The van der Waals surface area contributed by atoms with Crippen LogP contribution >= 0.6 is 11.3 Å². The first-order chi connectivity index (χ1) is 9.46. The Bertz CT molecular complexity index is 678. The molecule has 108 valence electrons. The third kappa shape index (κ3) is 2.87. The van der Waals surface area contributed by atoms with Crippen LogP contribution in [0.25, 0.3) is 0 Å². The standard InChI is InChI=1S/C14H18N2O2S2/c1-11-14(9-13(19-11)10-15-2)20(17,18)16(3)12-7-5-4-6-8-12/h4-9,15H,10H2,1-3H3. The largest absolute Gasteiger partial charge is 0.315 e. The molecule has 0 amide bonds. The summed E-state index contributed by atoms with van der Waals surface area (Å²) in [4.78, 5) is 2.22. The number of thiophene rings is 1. The van der Waals surface area contributed by atoms with Gasteiger partial charge < -0.3 is 5.32 Å². The second-order valence-electron chi connectivity index (χ2n) is 4.47. The highest BCUT2D eigenvalue weighted by Gasteiger charge is 2.25. The van der Waals surface area contributed by atoms with E-state index in [-0.39, 0.29) is 0 Å². The van der Waals surface area contributed by atoms with Crippen molar-refractivity contribution in [2.75, 3.05) is 18.4 Å². The Morgan fingerprint density at radius 1 is 1.25 bits per heavy atom. The van der Waals surface area contributed by atoms with Gasteiger partial charge in [-0.3, -0.25) is 4.31 Å². The number of hydrogen-bond acceptors (Lipinski definition) is 4. The van der Waals surface area contributed by atoms with Crippen LogP contribution in [-0.4, -0.2) is 22.5 Å². The molecule has 0 fully saturated rings. The quantitative estimate of drug-likeness (QED) is 0.923. The summed E-state index contributed by atoms with van der Waals surface area (Å²) in [5, 5.41) is 3.04. The molecule has 0 saturated carbocycles. The van der Waals surface area contributed by atoms with Crippen molar-refractivity contribution in [1.82, 2.24) is 5.32 Å². The maximum absolute atomic E-state index is 12.7. The fourth-order valence-electron chi connectivity index (χ4n) is 1.97. The summed E-state index contributed by atoms with van der Waals surface area (Å²) in [6.45, 7) is 2.52. The van der Waals surface area contributed by atoms with Gasteiger partial charge in [-0.25, -0.2) is 8.42 Å². The summed E-state index contributed by atoms with van der Waals surface area (Å²) in [7, 11) is -0.0748. The van der Waals surface area contributed by atoms with Gasteiger partial charge in [0.1, 0.15) is 4.90 Å². The van der Waals surface area contributed by atoms with Crippen molar-refractivity contribution in [3.05, 3.63) is 46.2 Å². The van der Waals surface area contributed by atoms with E-state index in [4.69, 9.17) is 0 Å². The van der Waals surface area contributed by atoms with Gasteiger partial charge in [-0.05, 0) is 32.2 Å². The van der Waals surface area contributed by atoms with Crippen LogP contribution in [0.3, 0.4) is 0 Å². The van der Waals surface area contributed by atoms with E-state index in [1.54, 1.807) is 25.2 Å². The van der Waals surface area contributed by atoms with Gasteiger partial charge in [0.15, 0.2) is 0 Å². The first-order valence-corrected chi connectivity index (χ1v) is 8.50. The molecule has 20 heavy (non-hydrogen) atoms. The summed E-state index contributed by atoms with van der Waals surface area (Å²) >= 11 is 1.51. The van der Waals surface area contributed by atoms with Crippen molar-refractivity contribution < 1.29 is 8.42 Å². The molecule has 0 aliphatic carbocycles. The predicted molar refractivity (Wildman–Crippen MR) is 83.9 cm³/mol. The lowest BCUT2D eigenvalue weighted by atomic mass is 10.3. The molecule has 0 saturated heterocycles. The molecule has 0 bridgehead atoms. The molecule has 4 nitrogen and oxygen atoms in total. The number of benzene rings is 1. The molecule has 0 aliphatic rings. The zero-order chi connectivity index (χ0) is 14.8. The molecule has 0 atom stereocenters. The van der Waals surface area contributed by atoms with Gasteiger partial charge in [0.2, 0.25) is 0 Å². The number of aryl methyl sites for hydroxylation is 1. The van der Waals surface area contributed by atoms with E-state index in [1.165, 1.54) is 15.6 Å². The topological polar surface area (TPSA) is 49.4 Å². The van der Waals surface area contributed by atoms with Crippen LogP contribution < -0.4 is 9.62 Å². The molecular weight excluding hydrogens is 292 g/mol. The number of nitrogens with one attached hydrogen (secondary N) is 1. The van der Waals surface area contributed by atoms with Crippen molar-refractivity contribution in [2.24, 2.45) is 0 Å². The van der Waals surface area contributed by atoms with E-state index in [0.717, 1.165) is 9.75 Å². The highest BCUT2D eigenvalue weighted by Crippen LogP contribution is 2.29. The van der Waals surface area contributed by atoms with Gasteiger partial charge in [0.25, 0.3) is 10.0 Å². The summed E-state index contributed by atoms with van der Waals surface area (Å²) in [6.07, 6.45) is 0. The summed E-state index contributed by atoms with van der Waals surface area (Å²) in [5.41, 5.74) is 0.660. The lowest BCUT2D eigenvalue weighted by molar-refractivity contribution is 0.594. The van der Waals surface area contributed by atoms with Gasteiger partial charge >= 0.3 is 0 Å². The molecule has 1 N–H and O–H groups in total. The zero-order valence-corrected chi connectivity index (χ0v) is 13.4. The van der Waals surface area contributed by atoms with E-state index in [9.17, 15) is 8.42 Å². The molecule has 0 unspecified atom stereocenters. The average molecular weight is 310 g/mol. The Balaban J connectivity index is 2.40. The van der Waals surface area contributed by atoms with Crippen LogP contribution in [0, 0.1) is 6.92 Å². The predicted octanol–water partition coefficient (Wildman–Crippen LogP) is 2.60. The van der Waals surface area contributed by atoms with Crippen LogP contribution in [0.4, 0.5) is 5.69 Å². The minimum absolute atomic E-state index is 0.388. The van der Waals surface area contributed by atoms with Gasteiger partial charge in [-0.1, -0.05) is 18.2 Å². The lowest BCUT2D eigenvalue weighted by Crippen LogP contribution is -2.26. The van der Waals surface area contributed by atoms with Crippen molar-refractivity contribution in [1.29, 1.82) is 0 Å². The van der Waals surface area contributed by atoms with E-state index >= 15 is 0 Å². The third-order valence-corrected chi connectivity index (χ3v) is 6.12. The van der Waals surface area contributed by atoms with Crippen LogP contribution in [-0.2, 0) is 16.6 Å². The number of sulfonamides is 1. The Kier molecular flexibility index (Phi) is 4.47. The molecule has 6 heteroatoms. The Morgan fingerprint density at radius 2 is 1.90 bits per heavy atom. The van der Waals surface area contributed by atoms with Gasteiger partial charge in [0.05, 0.1) is 5.69 Å². The van der Waals surface area contributed by atoms with Gasteiger partial charge in [-0.15, -0.1) is 11.3 Å². The normalized spacial score (nSPS) is 11.6. The molecular formula is C14H18N2O2S2. The molecule has 1 aromatic heterocycles. The second kappa shape index (κ2) is 5.95. The number of anilines is 1. The zero-order valence-electron chi connectivity index (χ0n) is 11.8. The van der Waals surface area contributed by atoms with E-state index < -0.39 is 10.0 Å². The van der Waals surface area contributed by atoms with Crippen molar-refractivity contribution >= 4 is 27.0 Å². The first-order valence-electron chi connectivity index (χ1n) is 6.24. The highest BCUT2D eigenvalue weighted by atomic mass is 32.2. The fourth-order valence-corrected chi connectivity index (χ4v) is 4.78. The molecule has 0 spiro atoms. The minimum atomic E-state index is -3.50. The number of rotatable bonds is 5. The third-order valence-electron chi connectivity index (χ3n) is 3.03. The fraction of sp³-hybridized carbons (Fsp3) is 0.286. The second-order valence-corrected chi connectivity index (χ2v) is 7.75. The van der Waals surface area contributed by atoms with Gasteiger partial charge in [-0.2, -0.15) is 0 Å². The van der Waals surface area contributed by atoms with E-state index in [2.05, 4.69) is 5.32 Å². The first kappa shape index (κ1) is 15.0. The Morgan fingerprint density at radius 3 is 2.50 bits per heavy atom. The Labute approximate surface area is 124 Å². The monoisotopic (exact) mass is 310 g/mol. The number of hydrogen-bond donors (Lipinski definition) is 1. The molecule has 2 aromatic rings. The highest BCUT2D eigenvalue weighted by molar-refractivity contribution is 7.93. The SMILES string of the molecule is CNCc1cc(S(=O)(=O)N(C)c2ccccc2)c(C)s1. The van der Waals surface area contributed by atoms with Crippen molar-refractivity contribution in [3.8, 4) is 0 Å². The number of nitrogens with zero attached hydrogens (tertiary/aromatic N) is 1. The van der Waals surface area contributed by atoms with Crippen LogP contribution in [0.2, 0.25) is 0 Å². The molecule has 1 aromatic carbocycles. The maximum atomic E-state index is 12.7. The van der Waals surface area contributed by atoms with Crippen LogP contribution in [0.15, 0.2) is 41.3 Å². The molecule has 0 aliphatic heterocycles. The van der Waals surface area contributed by atoms with Crippen LogP contribution in [0.1, 0.15) is 9.75 Å². The van der Waals surface area contributed by atoms with Crippen molar-refractivity contribution in [3.63, 3.8) is 0 Å². The minimum Gasteiger partial charge on any atom is -0.315 e. The summed E-state index contributed by atoms with van der Waals surface area (Å²) in [6, 6.07) is 10.8.